The van der Waals surface area contributed by atoms with Gasteiger partial charge >= 0.3 is 0 Å². The topological polar surface area (TPSA) is 17.8 Å². The summed E-state index contributed by atoms with van der Waals surface area (Å²) in [6, 6.07) is 6.11. The molecule has 0 unspecified atom stereocenters. The van der Waals surface area contributed by atoms with Crippen LogP contribution in [0.5, 0.6) is 0 Å². The molecule has 5 heteroatoms. The summed E-state index contributed by atoms with van der Waals surface area (Å²) in [5.41, 5.74) is 2.19. The van der Waals surface area contributed by atoms with E-state index in [4.69, 9.17) is 11.6 Å². The average molecular weight is 350 g/mol. The van der Waals surface area contributed by atoms with Crippen molar-refractivity contribution in [1.29, 1.82) is 0 Å². The fourth-order valence-electron chi connectivity index (χ4n) is 1.25. The summed E-state index contributed by atoms with van der Waals surface area (Å²) < 4.78 is 2.74. The second-order valence-electron chi connectivity index (χ2n) is 3.02. The van der Waals surface area contributed by atoms with Crippen LogP contribution in [0.25, 0.3) is 5.69 Å². The highest BCUT2D eigenvalue weighted by molar-refractivity contribution is 9.10. The summed E-state index contributed by atoms with van der Waals surface area (Å²) >= 11 is 12.7. The summed E-state index contributed by atoms with van der Waals surface area (Å²) in [6.45, 7) is 0. The molecule has 0 radical (unpaired) electrons. The Balaban J connectivity index is 2.45. The van der Waals surface area contributed by atoms with Crippen LogP contribution in [0.1, 0.15) is 5.56 Å². The largest absolute Gasteiger partial charge is 0.238 e. The van der Waals surface area contributed by atoms with Gasteiger partial charge in [-0.05, 0) is 33.6 Å². The standard InChI is InChI=1S/C10H7Br2ClN2/c11-4-7-1-2-10(9(12)3-7)15-6-8(13)5-14-15/h1-3,5-6H,4H2. The first-order valence-corrected chi connectivity index (χ1v) is 6.55. The molecule has 0 aliphatic heterocycles. The molecule has 0 amide bonds. The molecule has 0 aliphatic carbocycles. The molecule has 0 bridgehead atoms. The van der Waals surface area contributed by atoms with Crippen LogP contribution >= 0.6 is 43.5 Å². The van der Waals surface area contributed by atoms with Gasteiger partial charge in [-0.1, -0.05) is 33.6 Å². The number of rotatable bonds is 2. The molecular formula is C10H7Br2ClN2. The molecule has 0 N–H and O–H groups in total. The molecule has 15 heavy (non-hydrogen) atoms. The normalized spacial score (nSPS) is 10.6. The van der Waals surface area contributed by atoms with E-state index in [0.717, 1.165) is 15.5 Å². The zero-order valence-corrected chi connectivity index (χ0v) is 11.6. The maximum Gasteiger partial charge on any atom is 0.0790 e. The van der Waals surface area contributed by atoms with E-state index < -0.39 is 0 Å². The zero-order chi connectivity index (χ0) is 10.8. The monoisotopic (exact) mass is 348 g/mol. The molecule has 2 aromatic rings. The van der Waals surface area contributed by atoms with E-state index in [9.17, 15) is 0 Å². The van der Waals surface area contributed by atoms with Crippen molar-refractivity contribution < 1.29 is 0 Å². The van der Waals surface area contributed by atoms with Gasteiger partial charge < -0.3 is 0 Å². The fraction of sp³-hybridized carbons (Fsp3) is 0.100. The second kappa shape index (κ2) is 4.68. The lowest BCUT2D eigenvalue weighted by atomic mass is 10.2. The third-order valence-electron chi connectivity index (χ3n) is 1.96. The zero-order valence-electron chi connectivity index (χ0n) is 7.62. The van der Waals surface area contributed by atoms with Crippen LogP contribution in [0.3, 0.4) is 0 Å². The van der Waals surface area contributed by atoms with E-state index in [1.165, 1.54) is 5.56 Å². The molecular weight excluding hydrogens is 343 g/mol. The van der Waals surface area contributed by atoms with Gasteiger partial charge in [0.1, 0.15) is 0 Å². The third-order valence-corrected chi connectivity index (χ3v) is 3.44. The van der Waals surface area contributed by atoms with E-state index >= 15 is 0 Å². The lowest BCUT2D eigenvalue weighted by Crippen LogP contribution is -1.95. The van der Waals surface area contributed by atoms with Crippen molar-refractivity contribution in [2.45, 2.75) is 5.33 Å². The maximum atomic E-state index is 5.82. The predicted molar refractivity (Wildman–Crippen MR) is 68.9 cm³/mol. The highest BCUT2D eigenvalue weighted by Gasteiger charge is 2.04. The first-order valence-electron chi connectivity index (χ1n) is 4.25. The number of nitrogens with zero attached hydrogens (tertiary/aromatic N) is 2. The molecule has 0 saturated heterocycles. The molecule has 0 aliphatic rings. The van der Waals surface area contributed by atoms with Crippen molar-refractivity contribution in [2.75, 3.05) is 0 Å². The Labute approximate surface area is 109 Å². The molecule has 0 atom stereocenters. The van der Waals surface area contributed by atoms with Gasteiger partial charge in [0.05, 0.1) is 16.9 Å². The first kappa shape index (κ1) is 11.2. The molecule has 1 aromatic carbocycles. The van der Waals surface area contributed by atoms with Crippen molar-refractivity contribution in [2.24, 2.45) is 0 Å². The van der Waals surface area contributed by atoms with E-state index in [2.05, 4.69) is 43.0 Å². The van der Waals surface area contributed by atoms with Crippen LogP contribution in [-0.4, -0.2) is 9.78 Å². The number of aromatic nitrogens is 2. The molecule has 0 spiro atoms. The minimum Gasteiger partial charge on any atom is -0.238 e. The SMILES string of the molecule is Clc1cnn(-c2ccc(CBr)cc2Br)c1. The van der Waals surface area contributed by atoms with Crippen LogP contribution in [0.15, 0.2) is 35.1 Å². The van der Waals surface area contributed by atoms with E-state index in [0.29, 0.717) is 5.02 Å². The van der Waals surface area contributed by atoms with Gasteiger partial charge in [0.25, 0.3) is 0 Å². The van der Waals surface area contributed by atoms with Crippen LogP contribution in [0.2, 0.25) is 5.02 Å². The number of hydrogen-bond donors (Lipinski definition) is 0. The van der Waals surface area contributed by atoms with Gasteiger partial charge in [-0.15, -0.1) is 0 Å². The first-order chi connectivity index (χ1) is 7.20. The summed E-state index contributed by atoms with van der Waals surface area (Å²) in [7, 11) is 0. The van der Waals surface area contributed by atoms with Crippen molar-refractivity contribution in [1.82, 2.24) is 9.78 Å². The number of hydrogen-bond acceptors (Lipinski definition) is 1. The van der Waals surface area contributed by atoms with Gasteiger partial charge in [-0.2, -0.15) is 5.10 Å². The van der Waals surface area contributed by atoms with E-state index in [1.54, 1.807) is 17.1 Å². The molecule has 0 fully saturated rings. The fourth-order valence-corrected chi connectivity index (χ4v) is 2.34. The van der Waals surface area contributed by atoms with Crippen molar-refractivity contribution in [3.63, 3.8) is 0 Å². The maximum absolute atomic E-state index is 5.82. The number of halogens is 3. The van der Waals surface area contributed by atoms with E-state index in [1.807, 2.05) is 12.1 Å². The van der Waals surface area contributed by atoms with Gasteiger partial charge in [-0.25, -0.2) is 4.68 Å². The average Bonchev–Trinajstić information content (AvgIpc) is 2.64. The van der Waals surface area contributed by atoms with Crippen LogP contribution in [0.4, 0.5) is 0 Å². The highest BCUT2D eigenvalue weighted by atomic mass is 79.9. The van der Waals surface area contributed by atoms with E-state index in [-0.39, 0.29) is 0 Å². The van der Waals surface area contributed by atoms with Crippen LogP contribution in [0, 0.1) is 0 Å². The van der Waals surface area contributed by atoms with Gasteiger partial charge in [-0.3, -0.25) is 0 Å². The van der Waals surface area contributed by atoms with Gasteiger partial charge in [0, 0.05) is 16.0 Å². The van der Waals surface area contributed by atoms with Gasteiger partial charge in [0.15, 0.2) is 0 Å². The lowest BCUT2D eigenvalue weighted by molar-refractivity contribution is 0.875. The highest BCUT2D eigenvalue weighted by Crippen LogP contribution is 2.24. The molecule has 2 nitrogen and oxygen atoms in total. The third kappa shape index (κ3) is 2.44. The van der Waals surface area contributed by atoms with Gasteiger partial charge in [0.2, 0.25) is 0 Å². The van der Waals surface area contributed by atoms with Crippen LogP contribution < -0.4 is 0 Å². The van der Waals surface area contributed by atoms with Crippen molar-refractivity contribution >= 4 is 43.5 Å². The Morgan fingerprint density at radius 2 is 2.20 bits per heavy atom. The summed E-state index contributed by atoms with van der Waals surface area (Å²) in [5, 5.41) is 5.62. The second-order valence-corrected chi connectivity index (χ2v) is 4.87. The van der Waals surface area contributed by atoms with Crippen molar-refractivity contribution in [3.8, 4) is 5.69 Å². The minimum absolute atomic E-state index is 0.631. The summed E-state index contributed by atoms with van der Waals surface area (Å²) in [4.78, 5) is 0. The Hall–Kier alpha value is -0.320. The summed E-state index contributed by atoms with van der Waals surface area (Å²) in [6.07, 6.45) is 3.39. The number of alkyl halides is 1. The quantitative estimate of drug-likeness (QED) is 0.743. The van der Waals surface area contributed by atoms with Crippen molar-refractivity contribution in [3.05, 3.63) is 45.7 Å². The molecule has 0 saturated carbocycles. The Bertz CT molecular complexity index is 482. The molecule has 1 heterocycles. The summed E-state index contributed by atoms with van der Waals surface area (Å²) in [5.74, 6) is 0. The Kier molecular flexibility index (Phi) is 3.49. The predicted octanol–water partition coefficient (Wildman–Crippen LogP) is 4.18. The van der Waals surface area contributed by atoms with Crippen LogP contribution in [-0.2, 0) is 5.33 Å². The molecule has 2 rings (SSSR count). The Morgan fingerprint density at radius 3 is 2.73 bits per heavy atom. The Morgan fingerprint density at radius 1 is 1.40 bits per heavy atom. The minimum atomic E-state index is 0.631. The molecule has 1 aromatic heterocycles. The smallest absolute Gasteiger partial charge is 0.0790 e. The lowest BCUT2D eigenvalue weighted by Gasteiger charge is -2.05. The number of benzene rings is 1. The molecule has 78 valence electrons.